The number of aromatic nitrogens is 4. The Morgan fingerprint density at radius 2 is 2.16 bits per heavy atom. The Balaban J connectivity index is 2.01. The van der Waals surface area contributed by atoms with Crippen molar-refractivity contribution in [3.63, 3.8) is 0 Å². The smallest absolute Gasteiger partial charge is 0.137 e. The first kappa shape index (κ1) is 13.8. The second kappa shape index (κ2) is 6.02. The van der Waals surface area contributed by atoms with Crippen LogP contribution in [0.1, 0.15) is 23.9 Å². The minimum atomic E-state index is 0.524. The summed E-state index contributed by atoms with van der Waals surface area (Å²) >= 11 is 6.09. The minimum absolute atomic E-state index is 0.524. The fourth-order valence-corrected chi connectivity index (χ4v) is 1.98. The molecule has 0 fully saturated rings. The van der Waals surface area contributed by atoms with Crippen LogP contribution in [0.25, 0.3) is 0 Å². The number of hydrogen-bond donors (Lipinski definition) is 1. The largest absolute Gasteiger partial charge is 0.369 e. The molecule has 0 spiro atoms. The molecule has 0 aliphatic heterocycles. The molecule has 0 saturated heterocycles. The molecule has 0 atom stereocenters. The van der Waals surface area contributed by atoms with Crippen LogP contribution < -0.4 is 5.32 Å². The van der Waals surface area contributed by atoms with Gasteiger partial charge in [-0.2, -0.15) is 5.10 Å². The van der Waals surface area contributed by atoms with Crippen molar-refractivity contribution >= 4 is 17.4 Å². The second-order valence-corrected chi connectivity index (χ2v) is 4.81. The fraction of sp³-hybridized carbons (Fsp3) is 0.462. The van der Waals surface area contributed by atoms with Gasteiger partial charge in [0.2, 0.25) is 0 Å². The summed E-state index contributed by atoms with van der Waals surface area (Å²) in [6.45, 7) is 4.73. The number of nitrogens with zero attached hydrogens (tertiary/aromatic N) is 4. The molecule has 0 radical (unpaired) electrons. The Morgan fingerprint density at radius 3 is 2.79 bits per heavy atom. The third-order valence-corrected chi connectivity index (χ3v) is 3.28. The van der Waals surface area contributed by atoms with E-state index >= 15 is 0 Å². The molecular formula is C13H18ClN5. The van der Waals surface area contributed by atoms with E-state index in [0.29, 0.717) is 5.15 Å². The lowest BCUT2D eigenvalue weighted by Crippen LogP contribution is -2.10. The van der Waals surface area contributed by atoms with Crippen LogP contribution in [-0.4, -0.2) is 26.3 Å². The quantitative estimate of drug-likeness (QED) is 0.854. The second-order valence-electron chi connectivity index (χ2n) is 4.46. The van der Waals surface area contributed by atoms with E-state index in [4.69, 9.17) is 11.6 Å². The molecule has 2 heterocycles. The van der Waals surface area contributed by atoms with E-state index in [1.807, 2.05) is 33.3 Å². The molecule has 102 valence electrons. The first-order chi connectivity index (χ1) is 9.10. The van der Waals surface area contributed by atoms with Gasteiger partial charge >= 0.3 is 0 Å². The van der Waals surface area contributed by atoms with Gasteiger partial charge in [0.05, 0.1) is 6.20 Å². The van der Waals surface area contributed by atoms with Crippen LogP contribution in [0.4, 0.5) is 5.82 Å². The maximum Gasteiger partial charge on any atom is 0.137 e. The summed E-state index contributed by atoms with van der Waals surface area (Å²) in [6, 6.07) is 0. The first-order valence-electron chi connectivity index (χ1n) is 6.34. The van der Waals surface area contributed by atoms with Crippen LogP contribution in [0.5, 0.6) is 0 Å². The molecule has 2 rings (SSSR count). The van der Waals surface area contributed by atoms with Crippen LogP contribution in [0.2, 0.25) is 5.15 Å². The highest BCUT2D eigenvalue weighted by Gasteiger charge is 2.08. The number of rotatable bonds is 5. The molecule has 1 N–H and O–H groups in total. The first-order valence-corrected chi connectivity index (χ1v) is 6.72. The number of hydrogen-bond acceptors (Lipinski definition) is 4. The van der Waals surface area contributed by atoms with E-state index in [1.165, 1.54) is 5.56 Å². The predicted molar refractivity (Wildman–Crippen MR) is 76.6 cm³/mol. The van der Waals surface area contributed by atoms with Crippen molar-refractivity contribution in [2.24, 2.45) is 7.05 Å². The van der Waals surface area contributed by atoms with Gasteiger partial charge in [-0.15, -0.1) is 0 Å². The molecule has 6 heteroatoms. The monoisotopic (exact) mass is 279 g/mol. The number of halogens is 1. The SMILES string of the molecule is CCc1nc(Cl)c(C)c(NCCc2cnn(C)c2)n1. The zero-order valence-electron chi connectivity index (χ0n) is 11.4. The molecule has 0 aromatic carbocycles. The van der Waals surface area contributed by atoms with Gasteiger partial charge in [-0.25, -0.2) is 9.97 Å². The standard InChI is InChI=1S/C13H18ClN5/c1-4-11-17-12(14)9(2)13(18-11)15-6-5-10-7-16-19(3)8-10/h7-8H,4-6H2,1-3H3,(H,15,17,18). The molecule has 0 aliphatic rings. The molecule has 2 aromatic heterocycles. The molecular weight excluding hydrogens is 262 g/mol. The van der Waals surface area contributed by atoms with Gasteiger partial charge in [-0.1, -0.05) is 18.5 Å². The molecule has 0 bridgehead atoms. The Kier molecular flexibility index (Phi) is 4.37. The third kappa shape index (κ3) is 3.44. The van der Waals surface area contributed by atoms with E-state index in [0.717, 1.165) is 36.6 Å². The van der Waals surface area contributed by atoms with Gasteiger partial charge in [0.25, 0.3) is 0 Å². The highest BCUT2D eigenvalue weighted by Crippen LogP contribution is 2.19. The van der Waals surface area contributed by atoms with Gasteiger partial charge in [0, 0.05) is 31.8 Å². The van der Waals surface area contributed by atoms with Crippen molar-refractivity contribution in [1.82, 2.24) is 19.7 Å². The van der Waals surface area contributed by atoms with Crippen molar-refractivity contribution in [3.05, 3.63) is 34.5 Å². The summed E-state index contributed by atoms with van der Waals surface area (Å²) in [6.07, 6.45) is 5.56. The zero-order chi connectivity index (χ0) is 13.8. The van der Waals surface area contributed by atoms with Crippen LogP contribution in [0, 0.1) is 6.92 Å². The number of anilines is 1. The van der Waals surface area contributed by atoms with Crippen molar-refractivity contribution in [3.8, 4) is 0 Å². The van der Waals surface area contributed by atoms with Crippen LogP contribution >= 0.6 is 11.6 Å². The fourth-order valence-electron chi connectivity index (χ4n) is 1.79. The lowest BCUT2D eigenvalue weighted by molar-refractivity contribution is 0.766. The Hall–Kier alpha value is -1.62. The molecule has 19 heavy (non-hydrogen) atoms. The summed E-state index contributed by atoms with van der Waals surface area (Å²) in [7, 11) is 1.92. The highest BCUT2D eigenvalue weighted by molar-refractivity contribution is 6.30. The molecule has 0 saturated carbocycles. The number of nitrogens with one attached hydrogen (secondary N) is 1. The zero-order valence-corrected chi connectivity index (χ0v) is 12.2. The lowest BCUT2D eigenvalue weighted by atomic mass is 10.2. The third-order valence-electron chi connectivity index (χ3n) is 2.91. The van der Waals surface area contributed by atoms with Crippen LogP contribution in [0.3, 0.4) is 0 Å². The molecule has 0 unspecified atom stereocenters. The van der Waals surface area contributed by atoms with Crippen LogP contribution in [0.15, 0.2) is 12.4 Å². The topological polar surface area (TPSA) is 55.6 Å². The van der Waals surface area contributed by atoms with Crippen molar-refractivity contribution in [2.45, 2.75) is 26.7 Å². The van der Waals surface area contributed by atoms with Crippen molar-refractivity contribution < 1.29 is 0 Å². The normalized spacial score (nSPS) is 10.7. The molecule has 0 aliphatic carbocycles. The van der Waals surface area contributed by atoms with E-state index in [-0.39, 0.29) is 0 Å². The Morgan fingerprint density at radius 1 is 1.37 bits per heavy atom. The average molecular weight is 280 g/mol. The van der Waals surface area contributed by atoms with E-state index in [9.17, 15) is 0 Å². The minimum Gasteiger partial charge on any atom is -0.369 e. The maximum atomic E-state index is 6.09. The summed E-state index contributed by atoms with van der Waals surface area (Å²) in [4.78, 5) is 8.68. The summed E-state index contributed by atoms with van der Waals surface area (Å²) in [5.41, 5.74) is 2.09. The Labute approximate surface area is 118 Å². The van der Waals surface area contributed by atoms with Crippen molar-refractivity contribution in [2.75, 3.05) is 11.9 Å². The van der Waals surface area contributed by atoms with Gasteiger partial charge in [-0.05, 0) is 18.9 Å². The van der Waals surface area contributed by atoms with Crippen molar-refractivity contribution in [1.29, 1.82) is 0 Å². The summed E-state index contributed by atoms with van der Waals surface area (Å²) < 4.78 is 1.80. The number of aryl methyl sites for hydroxylation is 2. The maximum absolute atomic E-state index is 6.09. The average Bonchev–Trinajstić information content (AvgIpc) is 2.80. The lowest BCUT2D eigenvalue weighted by Gasteiger charge is -2.10. The van der Waals surface area contributed by atoms with E-state index < -0.39 is 0 Å². The van der Waals surface area contributed by atoms with Gasteiger partial charge < -0.3 is 5.32 Å². The van der Waals surface area contributed by atoms with E-state index in [2.05, 4.69) is 20.4 Å². The van der Waals surface area contributed by atoms with Gasteiger partial charge in [-0.3, -0.25) is 4.68 Å². The van der Waals surface area contributed by atoms with Crippen LogP contribution in [-0.2, 0) is 19.9 Å². The van der Waals surface area contributed by atoms with E-state index in [1.54, 1.807) is 4.68 Å². The predicted octanol–water partition coefficient (Wildman–Crippen LogP) is 2.39. The van der Waals surface area contributed by atoms with Gasteiger partial charge in [0.15, 0.2) is 0 Å². The Bertz CT molecular complexity index is 564. The summed E-state index contributed by atoms with van der Waals surface area (Å²) in [5.74, 6) is 1.58. The molecule has 0 amide bonds. The molecule has 2 aromatic rings. The molecule has 5 nitrogen and oxygen atoms in total. The van der Waals surface area contributed by atoms with Gasteiger partial charge in [0.1, 0.15) is 16.8 Å². The summed E-state index contributed by atoms with van der Waals surface area (Å²) in [5, 5.41) is 7.98. The highest BCUT2D eigenvalue weighted by atomic mass is 35.5.